The monoisotopic (exact) mass is 470 g/mol. The molecule has 2 heterocycles. The minimum atomic E-state index is -0.868. The molecule has 1 unspecified atom stereocenters. The van der Waals surface area contributed by atoms with E-state index in [2.05, 4.69) is 5.32 Å². The van der Waals surface area contributed by atoms with Gasteiger partial charge in [-0.2, -0.15) is 0 Å². The third-order valence-electron chi connectivity index (χ3n) is 5.82. The number of benzene rings is 1. The normalized spacial score (nSPS) is 14.9. The summed E-state index contributed by atoms with van der Waals surface area (Å²) in [5.74, 6) is 0.803. The molecule has 0 bridgehead atoms. The van der Waals surface area contributed by atoms with E-state index >= 15 is 0 Å². The number of carbonyl (C=O) groups excluding carboxylic acids is 2. The lowest BCUT2D eigenvalue weighted by atomic mass is 10.1. The van der Waals surface area contributed by atoms with Crippen LogP contribution in [-0.2, 0) is 22.6 Å². The number of nitrogens with zero attached hydrogens (tertiary/aromatic N) is 1. The highest BCUT2D eigenvalue weighted by molar-refractivity contribution is 7.10. The first kappa shape index (κ1) is 22.6. The molecule has 3 aromatic rings. The minimum Gasteiger partial charge on any atom is -0.464 e. The number of nitrogens with one attached hydrogen (secondary N) is 1. The summed E-state index contributed by atoms with van der Waals surface area (Å²) >= 11 is 7.95. The number of rotatable bonds is 8. The predicted molar refractivity (Wildman–Crippen MR) is 127 cm³/mol. The molecule has 1 atom stereocenters. The van der Waals surface area contributed by atoms with Gasteiger partial charge in [-0.3, -0.25) is 9.59 Å². The van der Waals surface area contributed by atoms with E-state index in [0.29, 0.717) is 16.5 Å². The van der Waals surface area contributed by atoms with Crippen molar-refractivity contribution in [1.82, 2.24) is 10.2 Å². The molecule has 5 nitrogen and oxygen atoms in total. The van der Waals surface area contributed by atoms with Crippen LogP contribution in [0, 0.1) is 6.92 Å². The van der Waals surface area contributed by atoms with E-state index in [1.54, 1.807) is 17.0 Å². The first-order chi connectivity index (χ1) is 15.5. The average molecular weight is 471 g/mol. The molecule has 1 aromatic carbocycles. The Balaban J connectivity index is 1.69. The number of hydrogen-bond donors (Lipinski definition) is 1. The van der Waals surface area contributed by atoms with Crippen molar-refractivity contribution < 1.29 is 14.0 Å². The minimum absolute atomic E-state index is 0.135. The molecule has 4 rings (SSSR count). The lowest BCUT2D eigenvalue weighted by Crippen LogP contribution is -2.46. The Hall–Kier alpha value is -2.57. The van der Waals surface area contributed by atoms with Crippen molar-refractivity contribution in [1.29, 1.82) is 0 Å². The molecule has 0 saturated heterocycles. The Morgan fingerprint density at radius 3 is 2.59 bits per heavy atom. The molecular formula is C25H27ClN2O3S. The highest BCUT2D eigenvalue weighted by Gasteiger charge is 2.35. The topological polar surface area (TPSA) is 62.6 Å². The van der Waals surface area contributed by atoms with Gasteiger partial charge in [0, 0.05) is 22.5 Å². The summed E-state index contributed by atoms with van der Waals surface area (Å²) < 4.78 is 5.88. The fourth-order valence-electron chi connectivity index (χ4n) is 4.17. The van der Waals surface area contributed by atoms with Gasteiger partial charge in [0.25, 0.3) is 5.91 Å². The van der Waals surface area contributed by atoms with Crippen molar-refractivity contribution in [2.24, 2.45) is 0 Å². The molecule has 7 heteroatoms. The molecule has 1 N–H and O–H groups in total. The van der Waals surface area contributed by atoms with E-state index in [0.717, 1.165) is 36.1 Å². The second-order valence-corrected chi connectivity index (χ2v) is 9.65. The van der Waals surface area contributed by atoms with Crippen molar-refractivity contribution in [3.63, 3.8) is 0 Å². The zero-order valence-electron chi connectivity index (χ0n) is 18.1. The van der Waals surface area contributed by atoms with Crippen LogP contribution in [0.2, 0.25) is 5.02 Å². The van der Waals surface area contributed by atoms with Crippen molar-refractivity contribution in [2.45, 2.75) is 57.7 Å². The quantitative estimate of drug-likeness (QED) is 0.461. The fraction of sp³-hybridized carbons (Fsp3) is 0.360. The van der Waals surface area contributed by atoms with E-state index in [4.69, 9.17) is 16.0 Å². The highest BCUT2D eigenvalue weighted by atomic mass is 35.5. The summed E-state index contributed by atoms with van der Waals surface area (Å²) in [5, 5.41) is 5.67. The van der Waals surface area contributed by atoms with Crippen molar-refractivity contribution in [3.05, 3.63) is 80.9 Å². The van der Waals surface area contributed by atoms with E-state index in [-0.39, 0.29) is 30.8 Å². The molecule has 0 aliphatic heterocycles. The largest absolute Gasteiger partial charge is 0.464 e. The summed E-state index contributed by atoms with van der Waals surface area (Å²) in [5.41, 5.74) is 0.788. The van der Waals surface area contributed by atoms with E-state index in [1.165, 1.54) is 11.3 Å². The lowest BCUT2D eigenvalue weighted by molar-refractivity contribution is -0.142. The second-order valence-electron chi connectivity index (χ2n) is 8.21. The number of carbonyl (C=O) groups is 2. The molecule has 2 aromatic heterocycles. The first-order valence-electron chi connectivity index (χ1n) is 10.9. The second kappa shape index (κ2) is 10.4. The molecule has 1 aliphatic rings. The van der Waals surface area contributed by atoms with Crippen LogP contribution in [0.4, 0.5) is 0 Å². The maximum absolute atomic E-state index is 13.6. The van der Waals surface area contributed by atoms with Crippen molar-refractivity contribution >= 4 is 34.8 Å². The summed E-state index contributed by atoms with van der Waals surface area (Å²) in [6.07, 6.45) is 4.36. The Kier molecular flexibility index (Phi) is 7.33. The molecule has 0 spiro atoms. The standard InChI is InChI=1S/C25H27ClN2O3S/c1-17-12-13-22(31-17)24(25(30)27-19-8-3-4-9-19)28(16-18-7-2-5-11-21(18)26)23(29)15-20-10-6-14-32-20/h2,5-7,10-14,19,24H,3-4,8-9,15-16H2,1H3,(H,27,30). The Morgan fingerprint density at radius 1 is 1.16 bits per heavy atom. The third-order valence-corrected chi connectivity index (χ3v) is 7.06. The van der Waals surface area contributed by atoms with Gasteiger partial charge in [0.05, 0.1) is 6.42 Å². The SMILES string of the molecule is Cc1ccc(C(C(=O)NC2CCCC2)N(Cc2ccccc2Cl)C(=O)Cc2cccs2)o1. The summed E-state index contributed by atoms with van der Waals surface area (Å²) in [6, 6.07) is 14.1. The van der Waals surface area contributed by atoms with Crippen LogP contribution in [-0.4, -0.2) is 22.8 Å². The van der Waals surface area contributed by atoms with Gasteiger partial charge in [-0.25, -0.2) is 0 Å². The Bertz CT molecular complexity index is 1060. The molecule has 2 amide bonds. The molecule has 0 radical (unpaired) electrons. The number of amides is 2. The molecule has 1 fully saturated rings. The molecular weight excluding hydrogens is 444 g/mol. The Morgan fingerprint density at radius 2 is 1.94 bits per heavy atom. The van der Waals surface area contributed by atoms with Crippen molar-refractivity contribution in [2.75, 3.05) is 0 Å². The van der Waals surface area contributed by atoms with E-state index in [9.17, 15) is 9.59 Å². The smallest absolute Gasteiger partial charge is 0.250 e. The maximum Gasteiger partial charge on any atom is 0.250 e. The van der Waals surface area contributed by atoms with Crippen LogP contribution < -0.4 is 5.32 Å². The lowest BCUT2D eigenvalue weighted by Gasteiger charge is -2.31. The van der Waals surface area contributed by atoms with E-state index in [1.807, 2.05) is 48.7 Å². The van der Waals surface area contributed by atoms with Gasteiger partial charge in [-0.15, -0.1) is 11.3 Å². The van der Waals surface area contributed by atoms with Crippen LogP contribution in [0.3, 0.4) is 0 Å². The Labute approximate surface area is 197 Å². The van der Waals surface area contributed by atoms with E-state index < -0.39 is 6.04 Å². The maximum atomic E-state index is 13.6. The van der Waals surface area contributed by atoms with Gasteiger partial charge in [-0.05, 0) is 55.0 Å². The molecule has 168 valence electrons. The highest BCUT2D eigenvalue weighted by Crippen LogP contribution is 2.29. The van der Waals surface area contributed by atoms with Gasteiger partial charge >= 0.3 is 0 Å². The van der Waals surface area contributed by atoms with Crippen LogP contribution in [0.25, 0.3) is 0 Å². The molecule has 32 heavy (non-hydrogen) atoms. The zero-order valence-corrected chi connectivity index (χ0v) is 19.6. The van der Waals surface area contributed by atoms with Crippen LogP contribution >= 0.6 is 22.9 Å². The van der Waals surface area contributed by atoms with Crippen LogP contribution in [0.15, 0.2) is 58.3 Å². The van der Waals surface area contributed by atoms with Crippen LogP contribution in [0.1, 0.15) is 53.7 Å². The average Bonchev–Trinajstić information content (AvgIpc) is 3.53. The van der Waals surface area contributed by atoms with Crippen molar-refractivity contribution in [3.8, 4) is 0 Å². The van der Waals surface area contributed by atoms with Gasteiger partial charge in [-0.1, -0.05) is 48.7 Å². The number of aryl methyl sites for hydroxylation is 1. The van der Waals surface area contributed by atoms with Gasteiger partial charge in [0.15, 0.2) is 6.04 Å². The molecule has 1 saturated carbocycles. The van der Waals surface area contributed by atoms with Crippen LogP contribution in [0.5, 0.6) is 0 Å². The van der Waals surface area contributed by atoms with Gasteiger partial charge in [0.2, 0.25) is 5.91 Å². The summed E-state index contributed by atoms with van der Waals surface area (Å²) in [4.78, 5) is 29.6. The predicted octanol–water partition coefficient (Wildman–Crippen LogP) is 5.67. The summed E-state index contributed by atoms with van der Waals surface area (Å²) in [7, 11) is 0. The number of hydrogen-bond acceptors (Lipinski definition) is 4. The molecule has 1 aliphatic carbocycles. The zero-order chi connectivity index (χ0) is 22.5. The van der Waals surface area contributed by atoms with Gasteiger partial charge < -0.3 is 14.6 Å². The summed E-state index contributed by atoms with van der Waals surface area (Å²) in [6.45, 7) is 2.05. The number of halogens is 1. The first-order valence-corrected chi connectivity index (χ1v) is 12.2. The fourth-order valence-corrected chi connectivity index (χ4v) is 5.06. The number of furan rings is 1. The van der Waals surface area contributed by atoms with Gasteiger partial charge in [0.1, 0.15) is 11.5 Å². The third kappa shape index (κ3) is 5.43. The number of thiophene rings is 1.